The van der Waals surface area contributed by atoms with Gasteiger partial charge in [-0.05, 0) is 44.2 Å². The summed E-state index contributed by atoms with van der Waals surface area (Å²) in [4.78, 5) is 8.62. The van der Waals surface area contributed by atoms with E-state index in [9.17, 15) is 0 Å². The number of nitrogens with zero attached hydrogens (tertiary/aromatic N) is 2. The Balaban J connectivity index is 2.00. The van der Waals surface area contributed by atoms with Crippen molar-refractivity contribution in [3.05, 3.63) is 0 Å². The third kappa shape index (κ3) is 8.43. The minimum absolute atomic E-state index is 0.775. The predicted octanol–water partition coefficient (Wildman–Crippen LogP) is 4.68. The highest BCUT2D eigenvalue weighted by Crippen LogP contribution is 2.20. The van der Waals surface area contributed by atoms with Crippen LogP contribution in [0.25, 0.3) is 0 Å². The fourth-order valence-corrected chi connectivity index (χ4v) is 2.60. The van der Waals surface area contributed by atoms with Crippen LogP contribution in [-0.4, -0.2) is 26.0 Å². The van der Waals surface area contributed by atoms with Gasteiger partial charge in [0.1, 0.15) is 0 Å². The van der Waals surface area contributed by atoms with Crippen LogP contribution < -0.4 is 0 Å². The third-order valence-corrected chi connectivity index (χ3v) is 3.77. The molecule has 0 heterocycles. The lowest BCUT2D eigenvalue weighted by molar-refractivity contribution is 0.456. The van der Waals surface area contributed by atoms with Crippen LogP contribution in [0.2, 0.25) is 0 Å². The second-order valence-electron chi connectivity index (χ2n) is 5.45. The first-order chi connectivity index (χ1) is 8.93. The molecule has 2 nitrogen and oxygen atoms in total. The monoisotopic (exact) mass is 250 g/mol. The summed E-state index contributed by atoms with van der Waals surface area (Å²) < 4.78 is 0. The van der Waals surface area contributed by atoms with Gasteiger partial charge in [-0.3, -0.25) is 4.99 Å². The minimum Gasteiger partial charge on any atom is -0.301 e. The zero-order valence-corrected chi connectivity index (χ0v) is 12.1. The molecular weight excluding hydrogens is 220 g/mol. The minimum atomic E-state index is 0.775. The lowest BCUT2D eigenvalue weighted by Gasteiger charge is -2.15. The van der Waals surface area contributed by atoms with Crippen LogP contribution in [-0.2, 0) is 0 Å². The number of aliphatic imine (C=N–C) groups is 2. The number of unbranched alkanes of at least 4 members (excludes halogenated alkanes) is 3. The van der Waals surface area contributed by atoms with E-state index in [1.165, 1.54) is 64.2 Å². The maximum atomic E-state index is 4.63. The zero-order chi connectivity index (χ0) is 12.9. The summed E-state index contributed by atoms with van der Waals surface area (Å²) >= 11 is 0. The Morgan fingerprint density at radius 1 is 0.944 bits per heavy atom. The topological polar surface area (TPSA) is 24.7 Å². The van der Waals surface area contributed by atoms with Gasteiger partial charge in [-0.2, -0.15) is 0 Å². The fourth-order valence-electron chi connectivity index (χ4n) is 2.60. The Morgan fingerprint density at radius 2 is 1.67 bits per heavy atom. The van der Waals surface area contributed by atoms with Gasteiger partial charge < -0.3 is 4.99 Å². The first-order valence-corrected chi connectivity index (χ1v) is 7.84. The van der Waals surface area contributed by atoms with Crippen LogP contribution in [0.1, 0.15) is 70.6 Å². The van der Waals surface area contributed by atoms with E-state index < -0.39 is 0 Å². The van der Waals surface area contributed by atoms with Gasteiger partial charge in [-0.15, -0.1) is 0 Å². The summed E-state index contributed by atoms with van der Waals surface area (Å²) in [5.41, 5.74) is 0. The van der Waals surface area contributed by atoms with Crippen LogP contribution in [0, 0.1) is 5.92 Å². The van der Waals surface area contributed by atoms with Gasteiger partial charge in [0.25, 0.3) is 0 Å². The largest absolute Gasteiger partial charge is 0.301 e. The maximum absolute atomic E-state index is 4.63. The SMILES string of the molecule is CN=CCCCCCN=CC1CCCCCCC1. The molecule has 0 spiro atoms. The second-order valence-corrected chi connectivity index (χ2v) is 5.45. The summed E-state index contributed by atoms with van der Waals surface area (Å²) in [6.07, 6.45) is 19.1. The standard InChI is InChI=1S/C16H30N2/c1-17-13-9-5-6-10-14-18-15-16-11-7-3-2-4-8-12-16/h13,15-16H,2-12,14H2,1H3. The first-order valence-electron chi connectivity index (χ1n) is 7.84. The zero-order valence-electron chi connectivity index (χ0n) is 12.1. The van der Waals surface area contributed by atoms with Gasteiger partial charge in [-0.1, -0.05) is 38.5 Å². The van der Waals surface area contributed by atoms with Crippen molar-refractivity contribution in [1.29, 1.82) is 0 Å². The van der Waals surface area contributed by atoms with Gasteiger partial charge in [0, 0.05) is 19.8 Å². The van der Waals surface area contributed by atoms with E-state index in [1.807, 2.05) is 13.3 Å². The fraction of sp³-hybridized carbons (Fsp3) is 0.875. The molecule has 0 amide bonds. The average molecular weight is 250 g/mol. The molecule has 1 rings (SSSR count). The molecule has 0 N–H and O–H groups in total. The number of hydrogen-bond donors (Lipinski definition) is 0. The quantitative estimate of drug-likeness (QED) is 0.463. The van der Waals surface area contributed by atoms with Gasteiger partial charge in [0.05, 0.1) is 0 Å². The van der Waals surface area contributed by atoms with Gasteiger partial charge in [-0.25, -0.2) is 0 Å². The van der Waals surface area contributed by atoms with Crippen LogP contribution in [0.4, 0.5) is 0 Å². The predicted molar refractivity (Wildman–Crippen MR) is 82.1 cm³/mol. The van der Waals surface area contributed by atoms with Crippen molar-refractivity contribution >= 4 is 12.4 Å². The highest BCUT2D eigenvalue weighted by Gasteiger charge is 2.08. The molecule has 0 atom stereocenters. The number of hydrogen-bond acceptors (Lipinski definition) is 2. The molecule has 18 heavy (non-hydrogen) atoms. The van der Waals surface area contributed by atoms with E-state index in [1.54, 1.807) is 0 Å². The molecule has 1 saturated carbocycles. The summed E-state index contributed by atoms with van der Waals surface area (Å²) in [5.74, 6) is 0.775. The Labute approximate surface area is 113 Å². The Bertz CT molecular complexity index is 225. The summed E-state index contributed by atoms with van der Waals surface area (Å²) in [6, 6.07) is 0. The molecule has 2 heteroatoms. The van der Waals surface area contributed by atoms with E-state index in [0.29, 0.717) is 0 Å². The Kier molecular flexibility index (Phi) is 9.78. The van der Waals surface area contributed by atoms with Crippen LogP contribution in [0.3, 0.4) is 0 Å². The molecule has 1 fully saturated rings. The van der Waals surface area contributed by atoms with E-state index in [0.717, 1.165) is 18.9 Å². The van der Waals surface area contributed by atoms with Crippen molar-refractivity contribution in [2.45, 2.75) is 70.6 Å². The van der Waals surface area contributed by atoms with Crippen molar-refractivity contribution in [1.82, 2.24) is 0 Å². The van der Waals surface area contributed by atoms with Gasteiger partial charge >= 0.3 is 0 Å². The molecule has 0 aromatic carbocycles. The van der Waals surface area contributed by atoms with Crippen LogP contribution in [0.15, 0.2) is 9.98 Å². The Hall–Kier alpha value is -0.660. The molecule has 0 aromatic heterocycles. The Morgan fingerprint density at radius 3 is 2.39 bits per heavy atom. The smallest absolute Gasteiger partial charge is 0.0385 e. The highest BCUT2D eigenvalue weighted by molar-refractivity contribution is 5.60. The summed E-state index contributed by atoms with van der Waals surface area (Å²) in [5, 5.41) is 0. The molecule has 0 aliphatic heterocycles. The molecule has 1 aliphatic carbocycles. The highest BCUT2D eigenvalue weighted by atomic mass is 14.7. The molecule has 0 bridgehead atoms. The van der Waals surface area contributed by atoms with Gasteiger partial charge in [0.15, 0.2) is 0 Å². The maximum Gasteiger partial charge on any atom is 0.0385 e. The van der Waals surface area contributed by atoms with Crippen molar-refractivity contribution < 1.29 is 0 Å². The van der Waals surface area contributed by atoms with E-state index >= 15 is 0 Å². The van der Waals surface area contributed by atoms with E-state index in [2.05, 4.69) is 16.2 Å². The van der Waals surface area contributed by atoms with Crippen molar-refractivity contribution in [3.63, 3.8) is 0 Å². The lowest BCUT2D eigenvalue weighted by Crippen LogP contribution is -2.05. The summed E-state index contributed by atoms with van der Waals surface area (Å²) in [7, 11) is 1.85. The lowest BCUT2D eigenvalue weighted by atomic mass is 9.92. The second kappa shape index (κ2) is 11.4. The van der Waals surface area contributed by atoms with E-state index in [4.69, 9.17) is 0 Å². The van der Waals surface area contributed by atoms with Crippen LogP contribution >= 0.6 is 0 Å². The molecular formula is C16H30N2. The summed E-state index contributed by atoms with van der Waals surface area (Å²) in [6.45, 7) is 1.03. The van der Waals surface area contributed by atoms with Crippen molar-refractivity contribution in [3.8, 4) is 0 Å². The molecule has 0 aromatic rings. The molecule has 104 valence electrons. The van der Waals surface area contributed by atoms with Crippen molar-refractivity contribution in [2.24, 2.45) is 15.9 Å². The van der Waals surface area contributed by atoms with Gasteiger partial charge in [0.2, 0.25) is 0 Å². The first kappa shape index (κ1) is 15.4. The van der Waals surface area contributed by atoms with E-state index in [-0.39, 0.29) is 0 Å². The molecule has 0 unspecified atom stereocenters. The van der Waals surface area contributed by atoms with Crippen molar-refractivity contribution in [2.75, 3.05) is 13.6 Å². The molecule has 0 radical (unpaired) electrons. The van der Waals surface area contributed by atoms with Crippen LogP contribution in [0.5, 0.6) is 0 Å². The number of rotatable bonds is 7. The molecule has 0 saturated heterocycles. The molecule has 1 aliphatic rings. The normalized spacial score (nSPS) is 19.4. The average Bonchev–Trinajstić information content (AvgIpc) is 2.34. The third-order valence-electron chi connectivity index (χ3n) is 3.77.